The molecule has 0 aliphatic heterocycles. The SMILES string of the molecule is Cc1c(F)cc(N)cc1S(=O)(=O)NCCC1CCCCC1. The van der Waals surface area contributed by atoms with Crippen molar-refractivity contribution in [2.24, 2.45) is 5.92 Å². The Bertz CT molecular complexity index is 596. The fourth-order valence-electron chi connectivity index (χ4n) is 2.90. The van der Waals surface area contributed by atoms with Crippen LogP contribution >= 0.6 is 0 Å². The van der Waals surface area contributed by atoms with Gasteiger partial charge in [-0.2, -0.15) is 0 Å². The first-order valence-electron chi connectivity index (χ1n) is 7.45. The van der Waals surface area contributed by atoms with Crippen molar-refractivity contribution < 1.29 is 12.8 Å². The number of nitrogen functional groups attached to an aromatic ring is 1. The predicted octanol–water partition coefficient (Wildman–Crippen LogP) is 2.97. The monoisotopic (exact) mass is 314 g/mol. The van der Waals surface area contributed by atoms with Gasteiger partial charge in [-0.1, -0.05) is 32.1 Å². The van der Waals surface area contributed by atoms with Crippen molar-refractivity contribution >= 4 is 15.7 Å². The molecular weight excluding hydrogens is 291 g/mol. The molecule has 0 atom stereocenters. The average molecular weight is 314 g/mol. The maximum Gasteiger partial charge on any atom is 0.241 e. The van der Waals surface area contributed by atoms with E-state index in [2.05, 4.69) is 4.72 Å². The Morgan fingerprint density at radius 2 is 1.95 bits per heavy atom. The maximum atomic E-state index is 13.6. The van der Waals surface area contributed by atoms with Crippen LogP contribution in [0.4, 0.5) is 10.1 Å². The van der Waals surface area contributed by atoms with E-state index in [4.69, 9.17) is 5.73 Å². The lowest BCUT2D eigenvalue weighted by Gasteiger charge is -2.21. The average Bonchev–Trinajstić information content (AvgIpc) is 2.43. The third-order valence-electron chi connectivity index (χ3n) is 4.18. The molecule has 21 heavy (non-hydrogen) atoms. The molecule has 1 aliphatic rings. The molecule has 118 valence electrons. The minimum absolute atomic E-state index is 0.0661. The standard InChI is InChI=1S/C15H23FN2O2S/c1-11-14(16)9-13(17)10-15(11)21(19,20)18-8-7-12-5-3-2-4-6-12/h9-10,12,18H,2-8,17H2,1H3. The van der Waals surface area contributed by atoms with Crippen LogP contribution in [-0.4, -0.2) is 15.0 Å². The van der Waals surface area contributed by atoms with Crippen LogP contribution in [-0.2, 0) is 10.0 Å². The van der Waals surface area contributed by atoms with E-state index in [9.17, 15) is 12.8 Å². The first-order valence-corrected chi connectivity index (χ1v) is 8.94. The minimum atomic E-state index is -3.71. The molecule has 0 aromatic heterocycles. The molecule has 0 radical (unpaired) electrons. The lowest BCUT2D eigenvalue weighted by Crippen LogP contribution is -2.27. The number of halogens is 1. The quantitative estimate of drug-likeness (QED) is 0.821. The van der Waals surface area contributed by atoms with Gasteiger partial charge >= 0.3 is 0 Å². The Hall–Kier alpha value is -1.14. The number of rotatable bonds is 5. The number of nitrogens with one attached hydrogen (secondary N) is 1. The van der Waals surface area contributed by atoms with Crippen molar-refractivity contribution in [2.45, 2.75) is 50.3 Å². The lowest BCUT2D eigenvalue weighted by atomic mass is 9.87. The van der Waals surface area contributed by atoms with Crippen LogP contribution in [0.15, 0.2) is 17.0 Å². The molecule has 1 aliphatic carbocycles. The molecule has 0 bridgehead atoms. The Morgan fingerprint density at radius 1 is 1.29 bits per heavy atom. The number of hydrogen-bond donors (Lipinski definition) is 2. The highest BCUT2D eigenvalue weighted by molar-refractivity contribution is 7.89. The zero-order valence-corrected chi connectivity index (χ0v) is 13.2. The number of sulfonamides is 1. The number of hydrogen-bond acceptors (Lipinski definition) is 3. The third kappa shape index (κ3) is 4.17. The summed E-state index contributed by atoms with van der Waals surface area (Å²) < 4.78 is 40.7. The second-order valence-corrected chi connectivity index (χ2v) is 7.55. The number of anilines is 1. The summed E-state index contributed by atoms with van der Waals surface area (Å²) in [5.74, 6) is 0.00258. The van der Waals surface area contributed by atoms with E-state index in [1.807, 2.05) is 0 Å². The molecule has 0 amide bonds. The third-order valence-corrected chi connectivity index (χ3v) is 5.77. The Labute approximate surface area is 126 Å². The smallest absolute Gasteiger partial charge is 0.241 e. The molecule has 0 heterocycles. The van der Waals surface area contributed by atoms with Crippen molar-refractivity contribution in [1.82, 2.24) is 4.72 Å². The van der Waals surface area contributed by atoms with Gasteiger partial charge in [-0.3, -0.25) is 0 Å². The summed E-state index contributed by atoms with van der Waals surface area (Å²) >= 11 is 0. The molecule has 1 saturated carbocycles. The van der Waals surface area contributed by atoms with Crippen LogP contribution < -0.4 is 10.5 Å². The summed E-state index contributed by atoms with van der Waals surface area (Å²) in [7, 11) is -3.71. The van der Waals surface area contributed by atoms with Gasteiger partial charge in [0.05, 0.1) is 4.90 Å². The van der Waals surface area contributed by atoms with Crippen LogP contribution in [0.5, 0.6) is 0 Å². The second-order valence-electron chi connectivity index (χ2n) is 5.82. The van der Waals surface area contributed by atoms with E-state index >= 15 is 0 Å². The minimum Gasteiger partial charge on any atom is -0.399 e. The molecule has 0 spiro atoms. The van der Waals surface area contributed by atoms with E-state index in [1.165, 1.54) is 45.1 Å². The van der Waals surface area contributed by atoms with Crippen LogP contribution in [0.2, 0.25) is 0 Å². The first kappa shape index (κ1) is 16.2. The highest BCUT2D eigenvalue weighted by Crippen LogP contribution is 2.26. The van der Waals surface area contributed by atoms with E-state index < -0.39 is 15.8 Å². The Kier molecular flexibility index (Phi) is 5.22. The summed E-state index contributed by atoms with van der Waals surface area (Å²) in [6, 6.07) is 2.44. The van der Waals surface area contributed by atoms with E-state index in [-0.39, 0.29) is 16.1 Å². The summed E-state index contributed by atoms with van der Waals surface area (Å²) in [6.07, 6.45) is 6.93. The van der Waals surface area contributed by atoms with Crippen LogP contribution in [0.25, 0.3) is 0 Å². The first-order chi connectivity index (χ1) is 9.90. The van der Waals surface area contributed by atoms with Crippen molar-refractivity contribution in [1.29, 1.82) is 0 Å². The fourth-order valence-corrected chi connectivity index (χ4v) is 4.24. The molecule has 1 fully saturated rings. The number of benzene rings is 1. The molecule has 1 aromatic carbocycles. The van der Waals surface area contributed by atoms with Crippen LogP contribution in [0, 0.1) is 18.7 Å². The Morgan fingerprint density at radius 3 is 2.62 bits per heavy atom. The van der Waals surface area contributed by atoms with Crippen molar-refractivity contribution in [2.75, 3.05) is 12.3 Å². The van der Waals surface area contributed by atoms with Gasteiger partial charge in [-0.25, -0.2) is 17.5 Å². The van der Waals surface area contributed by atoms with Crippen LogP contribution in [0.3, 0.4) is 0 Å². The van der Waals surface area contributed by atoms with Gasteiger partial charge in [0.1, 0.15) is 5.82 Å². The van der Waals surface area contributed by atoms with Gasteiger partial charge in [0.15, 0.2) is 0 Å². The lowest BCUT2D eigenvalue weighted by molar-refractivity contribution is 0.339. The normalized spacial score (nSPS) is 17.0. The summed E-state index contributed by atoms with van der Waals surface area (Å²) in [5, 5.41) is 0. The van der Waals surface area contributed by atoms with Gasteiger partial charge in [0, 0.05) is 17.8 Å². The van der Waals surface area contributed by atoms with E-state index in [0.29, 0.717) is 12.5 Å². The molecule has 0 unspecified atom stereocenters. The van der Waals surface area contributed by atoms with Gasteiger partial charge in [0.25, 0.3) is 0 Å². The van der Waals surface area contributed by atoms with E-state index in [0.717, 1.165) is 12.5 Å². The summed E-state index contributed by atoms with van der Waals surface area (Å²) in [6.45, 7) is 1.84. The largest absolute Gasteiger partial charge is 0.399 e. The van der Waals surface area contributed by atoms with Gasteiger partial charge < -0.3 is 5.73 Å². The summed E-state index contributed by atoms with van der Waals surface area (Å²) in [5.41, 5.74) is 5.76. The van der Waals surface area contributed by atoms with Crippen molar-refractivity contribution in [3.8, 4) is 0 Å². The second kappa shape index (κ2) is 6.75. The van der Waals surface area contributed by atoms with Gasteiger partial charge in [-0.15, -0.1) is 0 Å². The topological polar surface area (TPSA) is 72.2 Å². The molecular formula is C15H23FN2O2S. The Balaban J connectivity index is 2.01. The molecule has 4 nitrogen and oxygen atoms in total. The number of nitrogens with two attached hydrogens (primary N) is 1. The highest BCUT2D eigenvalue weighted by Gasteiger charge is 2.20. The van der Waals surface area contributed by atoms with Gasteiger partial charge in [-0.05, 0) is 31.4 Å². The van der Waals surface area contributed by atoms with Gasteiger partial charge in [0.2, 0.25) is 10.0 Å². The molecule has 0 saturated heterocycles. The zero-order chi connectivity index (χ0) is 15.5. The highest BCUT2D eigenvalue weighted by atomic mass is 32.2. The maximum absolute atomic E-state index is 13.6. The molecule has 3 N–H and O–H groups in total. The molecule has 2 rings (SSSR count). The fraction of sp³-hybridized carbons (Fsp3) is 0.600. The molecule has 1 aromatic rings. The van der Waals surface area contributed by atoms with Crippen molar-refractivity contribution in [3.05, 3.63) is 23.5 Å². The van der Waals surface area contributed by atoms with Crippen molar-refractivity contribution in [3.63, 3.8) is 0 Å². The molecule has 6 heteroatoms. The summed E-state index contributed by atoms with van der Waals surface area (Å²) in [4.78, 5) is -0.0661. The van der Waals surface area contributed by atoms with E-state index in [1.54, 1.807) is 0 Å². The van der Waals surface area contributed by atoms with Crippen LogP contribution in [0.1, 0.15) is 44.1 Å². The zero-order valence-electron chi connectivity index (χ0n) is 12.4. The predicted molar refractivity (Wildman–Crippen MR) is 81.9 cm³/mol.